The number of nitrogens with zero attached hydrogens (tertiary/aromatic N) is 4. The van der Waals surface area contributed by atoms with Crippen molar-refractivity contribution in [3.63, 3.8) is 0 Å². The summed E-state index contributed by atoms with van der Waals surface area (Å²) in [5.41, 5.74) is 3.03. The summed E-state index contributed by atoms with van der Waals surface area (Å²) in [5.74, 6) is 0.967. The van der Waals surface area contributed by atoms with Crippen LogP contribution in [0.2, 0.25) is 0 Å². The Morgan fingerprint density at radius 2 is 2.20 bits per heavy atom. The van der Waals surface area contributed by atoms with E-state index in [1.54, 1.807) is 6.20 Å². The van der Waals surface area contributed by atoms with E-state index in [2.05, 4.69) is 27.2 Å². The fourth-order valence-corrected chi connectivity index (χ4v) is 3.81. The van der Waals surface area contributed by atoms with E-state index < -0.39 is 0 Å². The molecule has 1 saturated heterocycles. The van der Waals surface area contributed by atoms with Crippen LogP contribution in [-0.4, -0.2) is 32.3 Å². The molecule has 1 N–H and O–H groups in total. The molecule has 1 aliphatic rings. The third-order valence-electron chi connectivity index (χ3n) is 4.28. The van der Waals surface area contributed by atoms with Gasteiger partial charge in [-0.15, -0.1) is 0 Å². The summed E-state index contributed by atoms with van der Waals surface area (Å²) in [6, 6.07) is 7.94. The van der Waals surface area contributed by atoms with Crippen molar-refractivity contribution in [1.82, 2.24) is 19.9 Å². The number of nitrogens with one attached hydrogen (secondary N) is 1. The fraction of sp³-hybridized carbons (Fsp3) is 0.333. The van der Waals surface area contributed by atoms with Crippen LogP contribution in [0.3, 0.4) is 0 Å². The summed E-state index contributed by atoms with van der Waals surface area (Å²) < 4.78 is 0. The molecule has 0 bridgehead atoms. The SMILES string of the molecule is CCc1ccc2nc(Nc3cc(CN4CCCC4=O)ccn3)sc2n1. The van der Waals surface area contributed by atoms with E-state index in [9.17, 15) is 4.79 Å². The summed E-state index contributed by atoms with van der Waals surface area (Å²) >= 11 is 1.52. The van der Waals surface area contributed by atoms with E-state index in [1.807, 2.05) is 29.2 Å². The second kappa shape index (κ2) is 6.76. The number of aromatic nitrogens is 3. The van der Waals surface area contributed by atoms with Gasteiger partial charge in [-0.2, -0.15) is 0 Å². The van der Waals surface area contributed by atoms with E-state index >= 15 is 0 Å². The van der Waals surface area contributed by atoms with Crippen LogP contribution in [0.1, 0.15) is 31.0 Å². The number of pyridine rings is 2. The van der Waals surface area contributed by atoms with E-state index in [0.717, 1.165) is 51.9 Å². The zero-order chi connectivity index (χ0) is 17.2. The summed E-state index contributed by atoms with van der Waals surface area (Å²) in [5, 5.41) is 4.04. The minimum Gasteiger partial charge on any atom is -0.338 e. The number of aryl methyl sites for hydroxylation is 1. The molecule has 1 fully saturated rings. The average molecular weight is 353 g/mol. The quantitative estimate of drug-likeness (QED) is 0.760. The molecular weight excluding hydrogens is 334 g/mol. The van der Waals surface area contributed by atoms with Crippen molar-refractivity contribution in [2.45, 2.75) is 32.7 Å². The van der Waals surface area contributed by atoms with Gasteiger partial charge in [-0.3, -0.25) is 4.79 Å². The Labute approximate surface area is 149 Å². The molecule has 3 aromatic heterocycles. The maximum Gasteiger partial charge on any atom is 0.222 e. The molecule has 0 radical (unpaired) electrons. The molecule has 0 saturated carbocycles. The van der Waals surface area contributed by atoms with Crippen LogP contribution in [0.25, 0.3) is 10.3 Å². The molecule has 3 aromatic rings. The zero-order valence-electron chi connectivity index (χ0n) is 14.0. The first-order valence-corrected chi connectivity index (χ1v) is 9.29. The molecule has 6 nitrogen and oxygen atoms in total. The summed E-state index contributed by atoms with van der Waals surface area (Å²) in [6.45, 7) is 3.57. The second-order valence-electron chi connectivity index (χ2n) is 6.09. The average Bonchev–Trinajstić information content (AvgIpc) is 3.20. The van der Waals surface area contributed by atoms with Gasteiger partial charge in [0.25, 0.3) is 0 Å². The van der Waals surface area contributed by atoms with E-state index in [4.69, 9.17) is 0 Å². The monoisotopic (exact) mass is 353 g/mol. The van der Waals surface area contributed by atoms with Crippen molar-refractivity contribution in [2.75, 3.05) is 11.9 Å². The molecule has 1 amide bonds. The van der Waals surface area contributed by atoms with Crippen molar-refractivity contribution in [2.24, 2.45) is 0 Å². The molecule has 0 atom stereocenters. The molecule has 0 aliphatic carbocycles. The fourth-order valence-electron chi connectivity index (χ4n) is 2.95. The summed E-state index contributed by atoms with van der Waals surface area (Å²) in [7, 11) is 0. The topological polar surface area (TPSA) is 71.0 Å². The van der Waals surface area contributed by atoms with Gasteiger partial charge in [0.15, 0.2) is 5.13 Å². The Morgan fingerprint density at radius 3 is 3.00 bits per heavy atom. The lowest BCUT2D eigenvalue weighted by Gasteiger charge is -2.15. The Bertz CT molecular complexity index is 923. The van der Waals surface area contributed by atoms with E-state index in [-0.39, 0.29) is 5.91 Å². The molecule has 7 heteroatoms. The minimum atomic E-state index is 0.232. The van der Waals surface area contributed by atoms with E-state index in [1.165, 1.54) is 11.3 Å². The standard InChI is InChI=1S/C18H19N5OS/c1-2-13-5-6-14-17(20-13)25-18(21-14)22-15-10-12(7-8-19-15)11-23-9-3-4-16(23)24/h5-8,10H,2-4,9,11H2,1H3,(H,19,21,22). The van der Waals surface area contributed by atoms with Gasteiger partial charge in [-0.05, 0) is 42.7 Å². The van der Waals surface area contributed by atoms with Crippen LogP contribution in [0.4, 0.5) is 10.9 Å². The first kappa shape index (κ1) is 16.0. The van der Waals surface area contributed by atoms with Crippen molar-refractivity contribution in [1.29, 1.82) is 0 Å². The van der Waals surface area contributed by atoms with Crippen LogP contribution >= 0.6 is 11.3 Å². The lowest BCUT2D eigenvalue weighted by molar-refractivity contribution is -0.128. The van der Waals surface area contributed by atoms with Gasteiger partial charge in [0, 0.05) is 31.4 Å². The number of likely N-dealkylation sites (tertiary alicyclic amines) is 1. The highest BCUT2D eigenvalue weighted by Gasteiger charge is 2.20. The van der Waals surface area contributed by atoms with Gasteiger partial charge in [0.05, 0.1) is 0 Å². The van der Waals surface area contributed by atoms with Gasteiger partial charge in [-0.25, -0.2) is 15.0 Å². The molecule has 1 aliphatic heterocycles. The predicted octanol–water partition coefficient (Wildman–Crippen LogP) is 3.51. The van der Waals surface area contributed by atoms with Crippen LogP contribution in [-0.2, 0) is 17.8 Å². The van der Waals surface area contributed by atoms with Gasteiger partial charge in [0.1, 0.15) is 16.2 Å². The molecule has 25 heavy (non-hydrogen) atoms. The number of hydrogen-bond donors (Lipinski definition) is 1. The Kier molecular flexibility index (Phi) is 4.31. The molecule has 4 heterocycles. The van der Waals surface area contributed by atoms with Gasteiger partial charge >= 0.3 is 0 Å². The third kappa shape index (κ3) is 3.46. The Hall–Kier alpha value is -2.54. The Balaban J connectivity index is 1.52. The summed E-state index contributed by atoms with van der Waals surface area (Å²) in [6.07, 6.45) is 4.29. The molecule has 4 rings (SSSR count). The third-order valence-corrected chi connectivity index (χ3v) is 5.16. The number of carbonyl (C=O) groups is 1. The van der Waals surface area contributed by atoms with Crippen LogP contribution in [0.15, 0.2) is 30.5 Å². The lowest BCUT2D eigenvalue weighted by atomic mass is 10.2. The molecule has 0 spiro atoms. The highest BCUT2D eigenvalue weighted by molar-refractivity contribution is 7.21. The molecule has 0 unspecified atom stereocenters. The predicted molar refractivity (Wildman–Crippen MR) is 99.0 cm³/mol. The maximum absolute atomic E-state index is 11.8. The van der Waals surface area contributed by atoms with Crippen LogP contribution in [0.5, 0.6) is 0 Å². The maximum atomic E-state index is 11.8. The number of hydrogen-bond acceptors (Lipinski definition) is 6. The smallest absolute Gasteiger partial charge is 0.222 e. The van der Waals surface area contributed by atoms with Crippen molar-refractivity contribution >= 4 is 38.5 Å². The molecular formula is C18H19N5OS. The van der Waals surface area contributed by atoms with Crippen molar-refractivity contribution < 1.29 is 4.79 Å². The number of amides is 1. The number of anilines is 2. The number of carbonyl (C=O) groups excluding carboxylic acids is 1. The molecule has 0 aromatic carbocycles. The van der Waals surface area contributed by atoms with Gasteiger partial charge in [-0.1, -0.05) is 18.3 Å². The molecule has 128 valence electrons. The highest BCUT2D eigenvalue weighted by atomic mass is 32.1. The van der Waals surface area contributed by atoms with Crippen molar-refractivity contribution in [3.05, 3.63) is 41.7 Å². The zero-order valence-corrected chi connectivity index (χ0v) is 14.8. The number of thiazole rings is 1. The normalized spacial score (nSPS) is 14.4. The highest BCUT2D eigenvalue weighted by Crippen LogP contribution is 2.27. The van der Waals surface area contributed by atoms with Crippen molar-refractivity contribution in [3.8, 4) is 0 Å². The first-order chi connectivity index (χ1) is 12.2. The number of rotatable bonds is 5. The largest absolute Gasteiger partial charge is 0.338 e. The first-order valence-electron chi connectivity index (χ1n) is 8.47. The van der Waals surface area contributed by atoms with Gasteiger partial charge < -0.3 is 10.2 Å². The second-order valence-corrected chi connectivity index (χ2v) is 7.07. The summed E-state index contributed by atoms with van der Waals surface area (Å²) in [4.78, 5) is 28.1. The van der Waals surface area contributed by atoms with Gasteiger partial charge in [0.2, 0.25) is 5.91 Å². The van der Waals surface area contributed by atoms with E-state index in [0.29, 0.717) is 13.0 Å². The lowest BCUT2D eigenvalue weighted by Crippen LogP contribution is -2.23. The van der Waals surface area contributed by atoms with Crippen LogP contribution in [0, 0.1) is 0 Å². The minimum absolute atomic E-state index is 0.232. The Morgan fingerprint density at radius 1 is 1.28 bits per heavy atom. The van der Waals surface area contributed by atoms with Crippen LogP contribution < -0.4 is 5.32 Å². The number of fused-ring (bicyclic) bond motifs is 1.